The summed E-state index contributed by atoms with van der Waals surface area (Å²) in [4.78, 5) is 26.2. The van der Waals surface area contributed by atoms with E-state index in [2.05, 4.69) is 12.2 Å². The molecule has 1 rings (SSSR count). The van der Waals surface area contributed by atoms with Crippen LogP contribution in [0.4, 0.5) is 10.5 Å². The van der Waals surface area contributed by atoms with Crippen molar-refractivity contribution in [1.29, 1.82) is 0 Å². The zero-order chi connectivity index (χ0) is 23.8. The molecule has 2 amide bonds. The first-order valence-electron chi connectivity index (χ1n) is 12.4. The molecule has 0 aliphatic heterocycles. The lowest BCUT2D eigenvalue weighted by atomic mass is 10.1. The van der Waals surface area contributed by atoms with Crippen LogP contribution in [0.3, 0.4) is 0 Å². The Balaban J connectivity index is 2.57. The minimum absolute atomic E-state index is 0.0812. The number of carboxylic acid groups (broad SMARTS) is 1. The Bertz CT molecular complexity index is 643. The van der Waals surface area contributed by atoms with E-state index in [0.717, 1.165) is 18.5 Å². The van der Waals surface area contributed by atoms with Crippen LogP contribution in [0.15, 0.2) is 30.3 Å². The molecule has 2 N–H and O–H groups in total. The number of amides is 2. The molecule has 0 aliphatic rings. The lowest BCUT2D eigenvalue weighted by Gasteiger charge is -2.31. The minimum Gasteiger partial charge on any atom is -0.481 e. The fourth-order valence-corrected chi connectivity index (χ4v) is 4.00. The van der Waals surface area contributed by atoms with Gasteiger partial charge in [-0.05, 0) is 18.6 Å². The molecule has 0 saturated heterocycles. The average molecular weight is 449 g/mol. The van der Waals surface area contributed by atoms with Crippen LogP contribution in [0.5, 0.6) is 0 Å². The molecule has 1 atom stereocenters. The lowest BCUT2D eigenvalue weighted by molar-refractivity contribution is -0.871. The van der Waals surface area contributed by atoms with Crippen LogP contribution >= 0.6 is 0 Å². The van der Waals surface area contributed by atoms with E-state index >= 15 is 0 Å². The Morgan fingerprint density at radius 3 is 1.94 bits per heavy atom. The lowest BCUT2D eigenvalue weighted by Crippen LogP contribution is -2.53. The number of carboxylic acids is 1. The number of nitrogens with zero attached hydrogens (tertiary/aromatic N) is 2. The van der Waals surface area contributed by atoms with Crippen LogP contribution in [-0.4, -0.2) is 61.9 Å². The van der Waals surface area contributed by atoms with Crippen molar-refractivity contribution >= 4 is 17.7 Å². The van der Waals surface area contributed by atoms with Gasteiger partial charge in [0, 0.05) is 12.2 Å². The predicted octanol–water partition coefficient (Wildman–Crippen LogP) is 5.67. The van der Waals surface area contributed by atoms with Crippen molar-refractivity contribution in [2.24, 2.45) is 0 Å². The average Bonchev–Trinajstić information content (AvgIpc) is 2.71. The molecule has 1 aromatic rings. The standard InChI is InChI=1S/C26H45N3O3/c1-5-6-7-8-9-10-11-12-13-17-20-28(24-18-15-14-16-19-24)26(32)27-23(21-25(30)31)22-29(2,3)4/h14-16,18-19,23H,5-13,17,20-22H2,1-4H3,(H-,27,30,31,32)/p+1/t23-/m1/s1. The molecular formula is C26H46N3O3+. The Labute approximate surface area is 195 Å². The zero-order valence-electron chi connectivity index (χ0n) is 20.8. The number of nitrogens with one attached hydrogen (secondary N) is 1. The third kappa shape index (κ3) is 13.4. The summed E-state index contributed by atoms with van der Waals surface area (Å²) in [5.41, 5.74) is 0.847. The maximum Gasteiger partial charge on any atom is 0.322 e. The molecule has 0 unspecified atom stereocenters. The Hall–Kier alpha value is -2.08. The fourth-order valence-electron chi connectivity index (χ4n) is 4.00. The predicted molar refractivity (Wildman–Crippen MR) is 133 cm³/mol. The quantitative estimate of drug-likeness (QED) is 0.238. The highest BCUT2D eigenvalue weighted by molar-refractivity contribution is 5.92. The molecule has 0 spiro atoms. The van der Waals surface area contributed by atoms with Crippen LogP contribution in [0.2, 0.25) is 0 Å². The van der Waals surface area contributed by atoms with Crippen molar-refractivity contribution in [3.8, 4) is 0 Å². The van der Waals surface area contributed by atoms with Crippen molar-refractivity contribution in [3.05, 3.63) is 30.3 Å². The molecule has 0 heterocycles. The molecule has 32 heavy (non-hydrogen) atoms. The number of para-hydroxylation sites is 1. The summed E-state index contributed by atoms with van der Waals surface area (Å²) >= 11 is 0. The van der Waals surface area contributed by atoms with Gasteiger partial charge >= 0.3 is 12.0 Å². The van der Waals surface area contributed by atoms with Crippen molar-refractivity contribution < 1.29 is 19.2 Å². The second-order valence-corrected chi connectivity index (χ2v) is 9.89. The van der Waals surface area contributed by atoms with E-state index in [1.54, 1.807) is 4.90 Å². The maximum absolute atomic E-state index is 13.1. The monoisotopic (exact) mass is 448 g/mol. The zero-order valence-corrected chi connectivity index (χ0v) is 20.8. The minimum atomic E-state index is -0.898. The van der Waals surface area contributed by atoms with Crippen LogP contribution in [0.1, 0.15) is 77.6 Å². The van der Waals surface area contributed by atoms with Crippen molar-refractivity contribution in [2.45, 2.75) is 83.6 Å². The van der Waals surface area contributed by atoms with E-state index in [-0.39, 0.29) is 12.5 Å². The summed E-state index contributed by atoms with van der Waals surface area (Å²) in [5, 5.41) is 12.3. The Morgan fingerprint density at radius 2 is 1.44 bits per heavy atom. The van der Waals surface area contributed by atoms with Gasteiger partial charge in [-0.1, -0.05) is 82.9 Å². The van der Waals surface area contributed by atoms with E-state index < -0.39 is 12.0 Å². The Morgan fingerprint density at radius 1 is 0.906 bits per heavy atom. The number of unbranched alkanes of at least 4 members (excludes halogenated alkanes) is 9. The summed E-state index contributed by atoms with van der Waals surface area (Å²) < 4.78 is 0.585. The van der Waals surface area contributed by atoms with Crippen molar-refractivity contribution in [3.63, 3.8) is 0 Å². The van der Waals surface area contributed by atoms with Crippen molar-refractivity contribution in [2.75, 3.05) is 39.1 Å². The molecule has 6 heteroatoms. The smallest absolute Gasteiger partial charge is 0.322 e. The number of aliphatic carboxylic acids is 1. The van der Waals surface area contributed by atoms with Crippen LogP contribution < -0.4 is 10.2 Å². The number of carbonyl (C=O) groups excluding carboxylic acids is 1. The van der Waals surface area contributed by atoms with Crippen molar-refractivity contribution in [1.82, 2.24) is 5.32 Å². The summed E-state index contributed by atoms with van der Waals surface area (Å²) in [5.74, 6) is -0.898. The van der Waals surface area contributed by atoms with E-state index in [1.807, 2.05) is 51.5 Å². The summed E-state index contributed by atoms with van der Waals surface area (Å²) in [6.45, 7) is 3.44. The summed E-state index contributed by atoms with van der Waals surface area (Å²) in [7, 11) is 6.00. The molecular weight excluding hydrogens is 402 g/mol. The van der Waals surface area contributed by atoms with Gasteiger partial charge in [-0.25, -0.2) is 4.79 Å². The van der Waals surface area contributed by atoms with Crippen LogP contribution in [0.25, 0.3) is 0 Å². The number of rotatable bonds is 17. The third-order valence-electron chi connectivity index (χ3n) is 5.57. The van der Waals surface area contributed by atoms with E-state index in [9.17, 15) is 14.7 Å². The second kappa shape index (κ2) is 15.7. The number of carbonyl (C=O) groups is 2. The normalized spacial score (nSPS) is 12.4. The number of likely N-dealkylation sites (N-methyl/N-ethyl adjacent to an activating group) is 1. The van der Waals surface area contributed by atoms with Gasteiger partial charge in [-0.3, -0.25) is 9.69 Å². The van der Waals surface area contributed by atoms with E-state index in [0.29, 0.717) is 17.6 Å². The molecule has 0 bridgehead atoms. The summed E-state index contributed by atoms with van der Waals surface area (Å²) in [6, 6.07) is 9.02. The van der Waals surface area contributed by atoms with Gasteiger partial charge in [0.15, 0.2) is 0 Å². The molecule has 0 saturated carbocycles. The summed E-state index contributed by atoms with van der Waals surface area (Å²) in [6.07, 6.45) is 12.4. The highest BCUT2D eigenvalue weighted by Crippen LogP contribution is 2.17. The number of benzene rings is 1. The number of hydrogen-bond acceptors (Lipinski definition) is 2. The molecule has 0 fully saturated rings. The first-order chi connectivity index (χ1) is 15.2. The van der Waals surface area contributed by atoms with Gasteiger partial charge in [-0.2, -0.15) is 0 Å². The first-order valence-corrected chi connectivity index (χ1v) is 12.4. The molecule has 0 radical (unpaired) electrons. The van der Waals surface area contributed by atoms with Gasteiger partial charge in [0.1, 0.15) is 0 Å². The molecule has 6 nitrogen and oxygen atoms in total. The third-order valence-corrected chi connectivity index (χ3v) is 5.57. The number of anilines is 1. The first kappa shape index (κ1) is 28.0. The molecule has 182 valence electrons. The fraction of sp³-hybridized carbons (Fsp3) is 0.692. The topological polar surface area (TPSA) is 69.6 Å². The maximum atomic E-state index is 13.1. The largest absolute Gasteiger partial charge is 0.481 e. The Kier molecular flexibility index (Phi) is 13.7. The molecule has 0 aromatic heterocycles. The van der Waals surface area contributed by atoms with Gasteiger partial charge in [0.2, 0.25) is 0 Å². The van der Waals surface area contributed by atoms with Gasteiger partial charge in [-0.15, -0.1) is 0 Å². The van der Waals surface area contributed by atoms with Gasteiger partial charge in [0.25, 0.3) is 0 Å². The van der Waals surface area contributed by atoms with Gasteiger partial charge in [0.05, 0.1) is 40.2 Å². The number of hydrogen-bond donors (Lipinski definition) is 2. The van der Waals surface area contributed by atoms with Gasteiger partial charge < -0.3 is 14.9 Å². The number of quaternary nitrogens is 1. The SMILES string of the molecule is CCCCCCCCCCCCN(C(=O)N[C@H](CC(=O)O)C[N+](C)(C)C)c1ccccc1. The number of urea groups is 1. The highest BCUT2D eigenvalue weighted by atomic mass is 16.4. The van der Waals surface area contributed by atoms with E-state index in [1.165, 1.54) is 51.4 Å². The molecule has 0 aliphatic carbocycles. The van der Waals surface area contributed by atoms with Crippen LogP contribution in [0, 0.1) is 0 Å². The van der Waals surface area contributed by atoms with Crippen LogP contribution in [-0.2, 0) is 4.79 Å². The molecule has 1 aromatic carbocycles. The highest BCUT2D eigenvalue weighted by Gasteiger charge is 2.25. The van der Waals surface area contributed by atoms with E-state index in [4.69, 9.17) is 0 Å². The second-order valence-electron chi connectivity index (χ2n) is 9.89.